The molecule has 0 bridgehead atoms. The Hall–Kier alpha value is -5.08. The second-order valence-corrected chi connectivity index (χ2v) is 10.3. The van der Waals surface area contributed by atoms with Gasteiger partial charge in [-0.1, -0.05) is 103 Å². The summed E-state index contributed by atoms with van der Waals surface area (Å²) < 4.78 is 4.72. The van der Waals surface area contributed by atoms with E-state index in [1.54, 1.807) is 0 Å². The molecule has 0 saturated heterocycles. The molecule has 0 fully saturated rings. The highest BCUT2D eigenvalue weighted by molar-refractivity contribution is 6.18. The molecule has 0 radical (unpaired) electrons. The summed E-state index contributed by atoms with van der Waals surface area (Å²) in [5.41, 5.74) is 11.1. The van der Waals surface area contributed by atoms with Crippen molar-refractivity contribution in [3.63, 3.8) is 0 Å². The molecule has 6 aromatic carbocycles. The van der Waals surface area contributed by atoms with E-state index < -0.39 is 0 Å². The summed E-state index contributed by atoms with van der Waals surface area (Å²) in [5.74, 6) is 0. The van der Waals surface area contributed by atoms with Crippen LogP contribution in [0.4, 0.5) is 0 Å². The number of aryl methyl sites for hydroxylation is 1. The lowest BCUT2D eigenvalue weighted by molar-refractivity contribution is 1.01. The Balaban J connectivity index is 1.27. The first kappa shape index (κ1) is 22.0. The Bertz CT molecular complexity index is 2140. The van der Waals surface area contributed by atoms with Crippen LogP contribution in [0.15, 0.2) is 140 Å². The van der Waals surface area contributed by atoms with Crippen LogP contribution in [0.2, 0.25) is 0 Å². The maximum atomic E-state index is 2.41. The summed E-state index contributed by atoms with van der Waals surface area (Å²) in [6, 6.07) is 50.5. The maximum Gasteiger partial charge on any atom is 0.0562 e. The van der Waals surface area contributed by atoms with E-state index in [2.05, 4.69) is 156 Å². The standard InChI is InChI=1S/C37H26N2/c1-38-34-13-7-5-11-30(34)32-23-33-31-12-6-8-14-35(31)39(37(33)24-36(32)38)29-21-19-28(20-22-29)27-17-15-26(16-18-27)25-9-3-2-4-10-25/h2-24H,1H3. The van der Waals surface area contributed by atoms with Crippen molar-refractivity contribution >= 4 is 43.6 Å². The quantitative estimate of drug-likeness (QED) is 0.229. The second-order valence-electron chi connectivity index (χ2n) is 10.3. The number of nitrogens with zero attached hydrogens (tertiary/aromatic N) is 2. The largest absolute Gasteiger partial charge is 0.344 e. The third-order valence-electron chi connectivity index (χ3n) is 8.16. The monoisotopic (exact) mass is 498 g/mol. The minimum absolute atomic E-state index is 1.17. The van der Waals surface area contributed by atoms with Gasteiger partial charge in [-0.25, -0.2) is 0 Å². The highest BCUT2D eigenvalue weighted by Gasteiger charge is 2.16. The average Bonchev–Trinajstić information content (AvgIpc) is 3.48. The molecule has 184 valence electrons. The Morgan fingerprint density at radius 1 is 0.359 bits per heavy atom. The third kappa shape index (κ3) is 3.35. The predicted octanol–water partition coefficient (Wildman–Crippen LogP) is 9.76. The van der Waals surface area contributed by atoms with Crippen molar-refractivity contribution < 1.29 is 0 Å². The topological polar surface area (TPSA) is 9.86 Å². The lowest BCUT2D eigenvalue weighted by atomic mass is 10.0. The molecule has 2 aromatic heterocycles. The van der Waals surface area contributed by atoms with Gasteiger partial charge in [0.25, 0.3) is 0 Å². The molecule has 39 heavy (non-hydrogen) atoms. The molecule has 0 saturated carbocycles. The van der Waals surface area contributed by atoms with Crippen LogP contribution in [0.5, 0.6) is 0 Å². The van der Waals surface area contributed by atoms with Gasteiger partial charge in [-0.3, -0.25) is 0 Å². The highest BCUT2D eigenvalue weighted by atomic mass is 15.0. The van der Waals surface area contributed by atoms with E-state index in [1.165, 1.54) is 71.6 Å². The fourth-order valence-electron chi connectivity index (χ4n) is 6.19. The first-order valence-electron chi connectivity index (χ1n) is 13.4. The first-order valence-corrected chi connectivity index (χ1v) is 13.4. The summed E-state index contributed by atoms with van der Waals surface area (Å²) in [4.78, 5) is 0. The Labute approximate surface area is 227 Å². The molecular formula is C37H26N2. The number of fused-ring (bicyclic) bond motifs is 6. The molecule has 8 aromatic rings. The Kier molecular flexibility index (Phi) is 4.77. The zero-order valence-corrected chi connectivity index (χ0v) is 21.7. The molecule has 0 spiro atoms. The molecule has 0 N–H and O–H groups in total. The summed E-state index contributed by atoms with van der Waals surface area (Å²) in [6.07, 6.45) is 0. The maximum absolute atomic E-state index is 2.41. The van der Waals surface area contributed by atoms with Gasteiger partial charge in [0.15, 0.2) is 0 Å². The van der Waals surface area contributed by atoms with Crippen molar-refractivity contribution in [2.75, 3.05) is 0 Å². The van der Waals surface area contributed by atoms with Gasteiger partial charge in [-0.15, -0.1) is 0 Å². The summed E-state index contributed by atoms with van der Waals surface area (Å²) in [7, 11) is 2.17. The van der Waals surface area contributed by atoms with Gasteiger partial charge in [0, 0.05) is 39.8 Å². The van der Waals surface area contributed by atoms with Gasteiger partial charge in [0.2, 0.25) is 0 Å². The predicted molar refractivity (Wildman–Crippen MR) is 166 cm³/mol. The normalized spacial score (nSPS) is 11.7. The molecule has 0 aliphatic heterocycles. The van der Waals surface area contributed by atoms with Gasteiger partial charge >= 0.3 is 0 Å². The van der Waals surface area contributed by atoms with Gasteiger partial charge in [0.05, 0.1) is 16.6 Å². The van der Waals surface area contributed by atoms with Crippen LogP contribution in [0, 0.1) is 0 Å². The second kappa shape index (κ2) is 8.47. The highest BCUT2D eigenvalue weighted by Crippen LogP contribution is 2.38. The molecule has 2 heterocycles. The smallest absolute Gasteiger partial charge is 0.0562 e. The van der Waals surface area contributed by atoms with E-state index in [9.17, 15) is 0 Å². The van der Waals surface area contributed by atoms with Gasteiger partial charge in [-0.05, 0) is 58.7 Å². The molecule has 2 heteroatoms. The van der Waals surface area contributed by atoms with Crippen LogP contribution < -0.4 is 0 Å². The average molecular weight is 499 g/mol. The summed E-state index contributed by atoms with van der Waals surface area (Å²) >= 11 is 0. The van der Waals surface area contributed by atoms with Crippen LogP contribution in [-0.2, 0) is 7.05 Å². The Morgan fingerprint density at radius 2 is 0.846 bits per heavy atom. The zero-order valence-electron chi connectivity index (χ0n) is 21.7. The van der Waals surface area contributed by atoms with Gasteiger partial charge < -0.3 is 9.13 Å². The van der Waals surface area contributed by atoms with Gasteiger partial charge in [0.1, 0.15) is 0 Å². The third-order valence-corrected chi connectivity index (χ3v) is 8.16. The van der Waals surface area contributed by atoms with Crippen molar-refractivity contribution in [3.05, 3.63) is 140 Å². The van der Waals surface area contributed by atoms with Crippen molar-refractivity contribution in [2.24, 2.45) is 7.05 Å². The molecule has 0 amide bonds. The number of benzene rings is 6. The van der Waals surface area contributed by atoms with E-state index in [4.69, 9.17) is 0 Å². The van der Waals surface area contributed by atoms with Crippen LogP contribution in [-0.4, -0.2) is 9.13 Å². The number of aromatic nitrogens is 2. The minimum Gasteiger partial charge on any atom is -0.344 e. The van der Waals surface area contributed by atoms with Crippen LogP contribution in [0.3, 0.4) is 0 Å². The Morgan fingerprint density at radius 3 is 1.51 bits per heavy atom. The lowest BCUT2D eigenvalue weighted by Gasteiger charge is -2.10. The SMILES string of the molecule is Cn1c2ccccc2c2cc3c4ccccc4n(-c4ccc(-c5ccc(-c6ccccc6)cc5)cc4)c3cc21. The van der Waals surface area contributed by atoms with Crippen molar-refractivity contribution in [1.29, 1.82) is 0 Å². The minimum atomic E-state index is 1.17. The molecule has 0 aliphatic carbocycles. The summed E-state index contributed by atoms with van der Waals surface area (Å²) in [6.45, 7) is 0. The van der Waals surface area contributed by atoms with E-state index in [0.717, 1.165) is 0 Å². The molecule has 8 rings (SSSR count). The first-order chi connectivity index (χ1) is 19.3. The van der Waals surface area contributed by atoms with Crippen molar-refractivity contribution in [1.82, 2.24) is 9.13 Å². The van der Waals surface area contributed by atoms with Crippen LogP contribution in [0.1, 0.15) is 0 Å². The number of hydrogen-bond donors (Lipinski definition) is 0. The van der Waals surface area contributed by atoms with Crippen LogP contribution in [0.25, 0.3) is 71.6 Å². The van der Waals surface area contributed by atoms with E-state index >= 15 is 0 Å². The molecular weight excluding hydrogens is 472 g/mol. The molecule has 0 aliphatic rings. The number of para-hydroxylation sites is 2. The van der Waals surface area contributed by atoms with E-state index in [-0.39, 0.29) is 0 Å². The fourth-order valence-corrected chi connectivity index (χ4v) is 6.19. The van der Waals surface area contributed by atoms with Crippen molar-refractivity contribution in [2.45, 2.75) is 0 Å². The molecule has 0 atom stereocenters. The van der Waals surface area contributed by atoms with E-state index in [0.29, 0.717) is 0 Å². The number of rotatable bonds is 3. The van der Waals surface area contributed by atoms with Crippen LogP contribution >= 0.6 is 0 Å². The summed E-state index contributed by atoms with van der Waals surface area (Å²) in [5, 5.41) is 5.17. The van der Waals surface area contributed by atoms with Crippen molar-refractivity contribution in [3.8, 4) is 27.9 Å². The number of hydrogen-bond acceptors (Lipinski definition) is 0. The molecule has 0 unspecified atom stereocenters. The lowest BCUT2D eigenvalue weighted by Crippen LogP contribution is -1.94. The van der Waals surface area contributed by atoms with E-state index in [1.807, 2.05) is 0 Å². The zero-order chi connectivity index (χ0) is 25.9. The molecule has 2 nitrogen and oxygen atoms in total. The van der Waals surface area contributed by atoms with Gasteiger partial charge in [-0.2, -0.15) is 0 Å². The fraction of sp³-hybridized carbons (Fsp3) is 0.0270.